The van der Waals surface area contributed by atoms with Crippen LogP contribution >= 0.6 is 15.9 Å². The number of ether oxygens (including phenoxy) is 2. The van der Waals surface area contributed by atoms with Gasteiger partial charge in [-0.2, -0.15) is 0 Å². The number of amides is 1. The Morgan fingerprint density at radius 1 is 1.29 bits per heavy atom. The van der Waals surface area contributed by atoms with Crippen molar-refractivity contribution < 1.29 is 37.3 Å². The molecule has 24 heavy (non-hydrogen) atoms. The lowest BCUT2D eigenvalue weighted by molar-refractivity contribution is -0.340. The van der Waals surface area contributed by atoms with Gasteiger partial charge in [0.2, 0.25) is 0 Å². The van der Waals surface area contributed by atoms with Crippen LogP contribution in [0, 0.1) is 0 Å². The van der Waals surface area contributed by atoms with Crippen molar-refractivity contribution in [3.05, 3.63) is 34.3 Å². The molecule has 1 fully saturated rings. The molecule has 0 bridgehead atoms. The minimum absolute atomic E-state index is 0.125. The Hall–Kier alpha value is -1.81. The van der Waals surface area contributed by atoms with Gasteiger partial charge in [0.1, 0.15) is 12.6 Å². The van der Waals surface area contributed by atoms with E-state index in [9.17, 15) is 22.8 Å². The highest BCUT2D eigenvalue weighted by atomic mass is 79.9. The standard InChI is InChI=1S/C14H13BrF3NO5/c15-9-3-1-8(2-4-9)7-23-13(22)19-6-10(24-14(16,17)18)5-11(19)12(20)21/h1-4,10-11H,5-7H2,(H,20,21)/t10-,11+/m1/s1. The Labute approximate surface area is 143 Å². The van der Waals surface area contributed by atoms with E-state index in [1.165, 1.54) is 0 Å². The first-order valence-corrected chi connectivity index (χ1v) is 7.60. The number of carboxylic acids is 1. The molecule has 6 nitrogen and oxygen atoms in total. The van der Waals surface area contributed by atoms with Gasteiger partial charge >= 0.3 is 18.4 Å². The molecule has 1 amide bonds. The number of carbonyl (C=O) groups is 2. The Morgan fingerprint density at radius 3 is 2.46 bits per heavy atom. The molecule has 0 spiro atoms. The minimum atomic E-state index is -4.90. The Balaban J connectivity index is 1.97. The van der Waals surface area contributed by atoms with Crippen LogP contribution < -0.4 is 0 Å². The van der Waals surface area contributed by atoms with Crippen LogP contribution in [-0.4, -0.2) is 47.1 Å². The maximum absolute atomic E-state index is 12.3. The second-order valence-corrected chi connectivity index (χ2v) is 6.02. The second-order valence-electron chi connectivity index (χ2n) is 5.11. The zero-order chi connectivity index (χ0) is 17.9. The monoisotopic (exact) mass is 411 g/mol. The van der Waals surface area contributed by atoms with Crippen molar-refractivity contribution in [1.82, 2.24) is 4.90 Å². The molecule has 10 heteroatoms. The molecule has 0 saturated carbocycles. The first-order valence-electron chi connectivity index (χ1n) is 6.81. The topological polar surface area (TPSA) is 76.1 Å². The third-order valence-corrected chi connectivity index (χ3v) is 3.89. The molecule has 2 atom stereocenters. The Kier molecular flexibility index (Phi) is 5.70. The number of alkyl halides is 3. The van der Waals surface area contributed by atoms with Crippen LogP contribution in [0.2, 0.25) is 0 Å². The zero-order valence-corrected chi connectivity index (χ0v) is 13.7. The van der Waals surface area contributed by atoms with Gasteiger partial charge in [-0.3, -0.25) is 9.64 Å². The molecule has 1 aliphatic rings. The lowest BCUT2D eigenvalue weighted by atomic mass is 10.2. The molecule has 1 aromatic rings. The molecule has 2 rings (SSSR count). The zero-order valence-electron chi connectivity index (χ0n) is 12.1. The number of rotatable bonds is 4. The van der Waals surface area contributed by atoms with Gasteiger partial charge < -0.3 is 9.84 Å². The van der Waals surface area contributed by atoms with Crippen molar-refractivity contribution in [2.45, 2.75) is 31.5 Å². The van der Waals surface area contributed by atoms with Crippen molar-refractivity contribution in [1.29, 1.82) is 0 Å². The van der Waals surface area contributed by atoms with E-state index >= 15 is 0 Å². The highest BCUT2D eigenvalue weighted by Crippen LogP contribution is 2.28. The quantitative estimate of drug-likeness (QED) is 0.823. The Bertz CT molecular complexity index is 607. The third kappa shape index (κ3) is 5.10. The Morgan fingerprint density at radius 2 is 1.92 bits per heavy atom. The summed E-state index contributed by atoms with van der Waals surface area (Å²) in [6.07, 6.45) is -7.79. The molecule has 1 saturated heterocycles. The lowest BCUT2D eigenvalue weighted by Gasteiger charge is -2.20. The summed E-state index contributed by atoms with van der Waals surface area (Å²) in [7, 11) is 0. The predicted octanol–water partition coefficient (Wildman–Crippen LogP) is 3.15. The molecule has 1 aromatic carbocycles. The maximum atomic E-state index is 12.3. The number of hydrogen-bond donors (Lipinski definition) is 1. The van der Waals surface area contributed by atoms with Crippen molar-refractivity contribution >= 4 is 28.0 Å². The number of benzene rings is 1. The van der Waals surface area contributed by atoms with Crippen LogP contribution in [0.25, 0.3) is 0 Å². The highest BCUT2D eigenvalue weighted by Gasteiger charge is 2.45. The fourth-order valence-electron chi connectivity index (χ4n) is 2.32. The van der Waals surface area contributed by atoms with E-state index in [1.54, 1.807) is 24.3 Å². The van der Waals surface area contributed by atoms with E-state index < -0.39 is 43.5 Å². The number of likely N-dealkylation sites (tertiary alicyclic amines) is 1. The first kappa shape index (κ1) is 18.5. The van der Waals surface area contributed by atoms with Gasteiger partial charge in [0.25, 0.3) is 0 Å². The summed E-state index contributed by atoms with van der Waals surface area (Å²) >= 11 is 3.25. The molecule has 0 aromatic heterocycles. The number of halogens is 4. The summed E-state index contributed by atoms with van der Waals surface area (Å²) in [6, 6.07) is 5.41. The van der Waals surface area contributed by atoms with Crippen molar-refractivity contribution in [3.63, 3.8) is 0 Å². The molecular weight excluding hydrogens is 399 g/mol. The van der Waals surface area contributed by atoms with Crippen molar-refractivity contribution in [2.24, 2.45) is 0 Å². The number of carbonyl (C=O) groups excluding carboxylic acids is 1. The van der Waals surface area contributed by atoms with Gasteiger partial charge in [-0.25, -0.2) is 9.59 Å². The van der Waals surface area contributed by atoms with Crippen LogP contribution in [0.4, 0.5) is 18.0 Å². The SMILES string of the molecule is O=C(O)[C@@H]1C[C@@H](OC(F)(F)F)CN1C(=O)OCc1ccc(Br)cc1. The van der Waals surface area contributed by atoms with Gasteiger partial charge in [0.15, 0.2) is 0 Å². The molecule has 0 aliphatic carbocycles. The van der Waals surface area contributed by atoms with E-state index in [0.717, 1.165) is 9.37 Å². The van der Waals surface area contributed by atoms with Gasteiger partial charge in [0.05, 0.1) is 12.6 Å². The summed E-state index contributed by atoms with van der Waals surface area (Å²) in [6.45, 7) is -0.630. The summed E-state index contributed by atoms with van der Waals surface area (Å²) in [5.74, 6) is -1.41. The number of aliphatic carboxylic acids is 1. The first-order chi connectivity index (χ1) is 11.2. The molecule has 1 heterocycles. The van der Waals surface area contributed by atoms with E-state index in [-0.39, 0.29) is 6.61 Å². The average Bonchev–Trinajstić information content (AvgIpc) is 2.88. The summed E-state index contributed by atoms with van der Waals surface area (Å²) in [5, 5.41) is 9.07. The number of hydrogen-bond acceptors (Lipinski definition) is 4. The highest BCUT2D eigenvalue weighted by molar-refractivity contribution is 9.10. The van der Waals surface area contributed by atoms with Gasteiger partial charge in [-0.15, -0.1) is 13.2 Å². The summed E-state index contributed by atoms with van der Waals surface area (Å²) < 4.78 is 46.4. The van der Waals surface area contributed by atoms with Gasteiger partial charge in [-0.1, -0.05) is 28.1 Å². The molecule has 1 aliphatic heterocycles. The predicted molar refractivity (Wildman–Crippen MR) is 78.0 cm³/mol. The average molecular weight is 412 g/mol. The van der Waals surface area contributed by atoms with E-state index in [1.807, 2.05) is 0 Å². The van der Waals surface area contributed by atoms with Crippen molar-refractivity contribution in [3.8, 4) is 0 Å². The molecule has 0 radical (unpaired) electrons. The van der Waals surface area contributed by atoms with Crippen LogP contribution in [-0.2, 0) is 20.9 Å². The molecule has 0 unspecified atom stereocenters. The van der Waals surface area contributed by atoms with E-state index in [0.29, 0.717) is 5.56 Å². The van der Waals surface area contributed by atoms with Crippen LogP contribution in [0.1, 0.15) is 12.0 Å². The molecule has 1 N–H and O–H groups in total. The van der Waals surface area contributed by atoms with Crippen LogP contribution in [0.5, 0.6) is 0 Å². The minimum Gasteiger partial charge on any atom is -0.480 e. The maximum Gasteiger partial charge on any atom is 0.522 e. The normalized spacial score (nSPS) is 20.9. The third-order valence-electron chi connectivity index (χ3n) is 3.36. The van der Waals surface area contributed by atoms with Crippen LogP contribution in [0.3, 0.4) is 0 Å². The van der Waals surface area contributed by atoms with Gasteiger partial charge in [0, 0.05) is 10.9 Å². The van der Waals surface area contributed by atoms with E-state index in [2.05, 4.69) is 20.7 Å². The fourth-order valence-corrected chi connectivity index (χ4v) is 2.58. The van der Waals surface area contributed by atoms with E-state index in [4.69, 9.17) is 9.84 Å². The summed E-state index contributed by atoms with van der Waals surface area (Å²) in [4.78, 5) is 23.9. The largest absolute Gasteiger partial charge is 0.522 e. The molecular formula is C14H13BrF3NO5. The lowest BCUT2D eigenvalue weighted by Crippen LogP contribution is -2.41. The summed E-state index contributed by atoms with van der Waals surface area (Å²) in [5.41, 5.74) is 0.653. The smallest absolute Gasteiger partial charge is 0.480 e. The number of nitrogens with zero attached hydrogens (tertiary/aromatic N) is 1. The number of carboxylic acid groups (broad SMARTS) is 1. The second kappa shape index (κ2) is 7.39. The molecule has 132 valence electrons. The van der Waals surface area contributed by atoms with Crippen molar-refractivity contribution in [2.75, 3.05) is 6.54 Å². The van der Waals surface area contributed by atoms with Crippen LogP contribution in [0.15, 0.2) is 28.7 Å². The fraction of sp³-hybridized carbons (Fsp3) is 0.429. The van der Waals surface area contributed by atoms with Gasteiger partial charge in [-0.05, 0) is 17.7 Å².